The van der Waals surface area contributed by atoms with Crippen molar-refractivity contribution in [1.29, 1.82) is 0 Å². The summed E-state index contributed by atoms with van der Waals surface area (Å²) in [5.41, 5.74) is 0. The predicted octanol–water partition coefficient (Wildman–Crippen LogP) is 3.41. The van der Waals surface area contributed by atoms with Crippen molar-refractivity contribution in [3.05, 3.63) is 22.4 Å². The minimum Gasteiger partial charge on any atom is -0.334 e. The quantitative estimate of drug-likeness (QED) is 0.763. The number of rotatable bonds is 5. The summed E-state index contributed by atoms with van der Waals surface area (Å²) in [6.45, 7) is 2.82. The van der Waals surface area contributed by atoms with Crippen molar-refractivity contribution in [1.82, 2.24) is 4.90 Å². The van der Waals surface area contributed by atoms with E-state index in [4.69, 9.17) is 0 Å². The van der Waals surface area contributed by atoms with Gasteiger partial charge in [-0.1, -0.05) is 28.9 Å². The summed E-state index contributed by atoms with van der Waals surface area (Å²) in [4.78, 5) is 15.5. The summed E-state index contributed by atoms with van der Waals surface area (Å²) in [7, 11) is 0. The Morgan fingerprint density at radius 3 is 2.94 bits per heavy atom. The molecule has 1 amide bonds. The number of amides is 1. The second-order valence-electron chi connectivity index (χ2n) is 4.15. The van der Waals surface area contributed by atoms with E-state index in [-0.39, 0.29) is 10.7 Å². The lowest BCUT2D eigenvalue weighted by Crippen LogP contribution is -2.37. The maximum absolute atomic E-state index is 12.2. The monoisotopic (exact) mass is 301 g/mol. The van der Waals surface area contributed by atoms with Crippen molar-refractivity contribution in [3.63, 3.8) is 0 Å². The van der Waals surface area contributed by atoms with E-state index in [1.807, 2.05) is 17.9 Å². The molecular weight excluding hydrogens is 286 g/mol. The van der Waals surface area contributed by atoms with Gasteiger partial charge >= 0.3 is 0 Å². The van der Waals surface area contributed by atoms with Gasteiger partial charge in [0.2, 0.25) is 5.91 Å². The lowest BCUT2D eigenvalue weighted by molar-refractivity contribution is -0.131. The van der Waals surface area contributed by atoms with Crippen molar-refractivity contribution in [3.8, 4) is 0 Å². The molecular formula is C12H16BrNOS. The minimum atomic E-state index is -0.0203. The SMILES string of the molecule is CCC(Br)C(=O)N(Cc1cccs1)C1CC1. The summed E-state index contributed by atoms with van der Waals surface area (Å²) in [5.74, 6) is 0.249. The fourth-order valence-corrected chi connectivity index (χ4v) is 2.66. The Morgan fingerprint density at radius 2 is 2.44 bits per heavy atom. The number of thiophene rings is 1. The maximum atomic E-state index is 12.2. The molecule has 2 nitrogen and oxygen atoms in total. The number of alkyl halides is 1. The topological polar surface area (TPSA) is 20.3 Å². The van der Waals surface area contributed by atoms with Crippen molar-refractivity contribution >= 4 is 33.2 Å². The smallest absolute Gasteiger partial charge is 0.236 e. The summed E-state index contributed by atoms with van der Waals surface area (Å²) >= 11 is 5.18. The highest BCUT2D eigenvalue weighted by Gasteiger charge is 2.34. The molecule has 0 aliphatic heterocycles. The maximum Gasteiger partial charge on any atom is 0.236 e. The van der Waals surface area contributed by atoms with E-state index in [1.165, 1.54) is 17.7 Å². The van der Waals surface area contributed by atoms with Gasteiger partial charge in [-0.25, -0.2) is 0 Å². The van der Waals surface area contributed by atoms with Gasteiger partial charge in [0, 0.05) is 10.9 Å². The minimum absolute atomic E-state index is 0.0203. The van der Waals surface area contributed by atoms with Crippen LogP contribution < -0.4 is 0 Å². The van der Waals surface area contributed by atoms with Gasteiger partial charge in [-0.05, 0) is 30.7 Å². The number of hydrogen-bond donors (Lipinski definition) is 0. The Morgan fingerprint density at radius 1 is 1.69 bits per heavy atom. The fraction of sp³-hybridized carbons (Fsp3) is 0.583. The Kier molecular flexibility index (Phi) is 4.03. The molecule has 1 fully saturated rings. The van der Waals surface area contributed by atoms with Gasteiger partial charge in [-0.3, -0.25) is 4.79 Å². The van der Waals surface area contributed by atoms with Crippen LogP contribution in [0.1, 0.15) is 31.1 Å². The standard InChI is InChI=1S/C12H16BrNOS/c1-2-11(13)12(15)14(9-5-6-9)8-10-4-3-7-16-10/h3-4,7,9,11H,2,5-6,8H2,1H3. The zero-order chi connectivity index (χ0) is 11.5. The molecule has 1 aromatic heterocycles. The molecule has 1 aliphatic carbocycles. The second-order valence-corrected chi connectivity index (χ2v) is 6.29. The highest BCUT2D eigenvalue weighted by Crippen LogP contribution is 2.30. The normalized spacial score (nSPS) is 17.1. The zero-order valence-electron chi connectivity index (χ0n) is 9.36. The van der Waals surface area contributed by atoms with E-state index in [2.05, 4.69) is 27.4 Å². The van der Waals surface area contributed by atoms with Crippen LogP contribution >= 0.6 is 27.3 Å². The number of carbonyl (C=O) groups is 1. The van der Waals surface area contributed by atoms with Crippen LogP contribution in [0.3, 0.4) is 0 Å². The average molecular weight is 302 g/mol. The lowest BCUT2D eigenvalue weighted by Gasteiger charge is -2.24. The number of hydrogen-bond acceptors (Lipinski definition) is 2. The molecule has 0 N–H and O–H groups in total. The molecule has 0 bridgehead atoms. The Balaban J connectivity index is 2.02. The van der Waals surface area contributed by atoms with Crippen LogP contribution in [0.4, 0.5) is 0 Å². The number of halogens is 1. The van der Waals surface area contributed by atoms with E-state index in [9.17, 15) is 4.79 Å². The number of nitrogens with zero attached hydrogens (tertiary/aromatic N) is 1. The zero-order valence-corrected chi connectivity index (χ0v) is 11.8. The molecule has 1 aromatic rings. The molecule has 88 valence electrons. The van der Waals surface area contributed by atoms with Crippen molar-refractivity contribution in [2.45, 2.75) is 43.6 Å². The third kappa shape index (κ3) is 2.86. The number of carbonyl (C=O) groups excluding carboxylic acids is 1. The Hall–Kier alpha value is -0.350. The molecule has 1 heterocycles. The molecule has 1 aliphatic rings. The van der Waals surface area contributed by atoms with E-state index in [0.29, 0.717) is 6.04 Å². The van der Waals surface area contributed by atoms with Crippen LogP contribution in [-0.2, 0) is 11.3 Å². The highest BCUT2D eigenvalue weighted by molar-refractivity contribution is 9.10. The van der Waals surface area contributed by atoms with Gasteiger partial charge < -0.3 is 4.90 Å². The van der Waals surface area contributed by atoms with Crippen LogP contribution in [0.25, 0.3) is 0 Å². The van der Waals surface area contributed by atoms with E-state index in [0.717, 1.165) is 13.0 Å². The van der Waals surface area contributed by atoms with Gasteiger partial charge in [-0.15, -0.1) is 11.3 Å². The van der Waals surface area contributed by atoms with Crippen LogP contribution in [0.15, 0.2) is 17.5 Å². The molecule has 1 atom stereocenters. The van der Waals surface area contributed by atoms with Crippen molar-refractivity contribution < 1.29 is 4.79 Å². The Labute approximate surface area is 109 Å². The first-order valence-electron chi connectivity index (χ1n) is 5.69. The molecule has 1 saturated carbocycles. The molecule has 0 radical (unpaired) electrons. The fourth-order valence-electron chi connectivity index (χ4n) is 1.70. The van der Waals surface area contributed by atoms with Crippen LogP contribution in [0.5, 0.6) is 0 Å². The largest absolute Gasteiger partial charge is 0.334 e. The second kappa shape index (κ2) is 5.32. The first-order chi connectivity index (χ1) is 7.72. The average Bonchev–Trinajstić information content (AvgIpc) is 3.01. The molecule has 1 unspecified atom stereocenters. The summed E-state index contributed by atoms with van der Waals surface area (Å²) in [6.07, 6.45) is 3.19. The van der Waals surface area contributed by atoms with Gasteiger partial charge in [0.25, 0.3) is 0 Å². The first kappa shape index (κ1) is 12.1. The lowest BCUT2D eigenvalue weighted by atomic mass is 10.2. The molecule has 0 aromatic carbocycles. The highest BCUT2D eigenvalue weighted by atomic mass is 79.9. The predicted molar refractivity (Wildman–Crippen MR) is 70.9 cm³/mol. The molecule has 0 spiro atoms. The van der Waals surface area contributed by atoms with E-state index >= 15 is 0 Å². The van der Waals surface area contributed by atoms with Crippen molar-refractivity contribution in [2.24, 2.45) is 0 Å². The van der Waals surface area contributed by atoms with Crippen LogP contribution in [0, 0.1) is 0 Å². The summed E-state index contributed by atoms with van der Waals surface area (Å²) in [5, 5.41) is 2.07. The van der Waals surface area contributed by atoms with E-state index < -0.39 is 0 Å². The Bertz CT molecular complexity index is 348. The van der Waals surface area contributed by atoms with Crippen LogP contribution in [-0.4, -0.2) is 21.7 Å². The molecule has 0 saturated heterocycles. The third-order valence-electron chi connectivity index (χ3n) is 2.80. The first-order valence-corrected chi connectivity index (χ1v) is 7.48. The molecule has 2 rings (SSSR count). The van der Waals surface area contributed by atoms with Gasteiger partial charge in [0.15, 0.2) is 0 Å². The van der Waals surface area contributed by atoms with Gasteiger partial charge in [-0.2, -0.15) is 0 Å². The molecule has 16 heavy (non-hydrogen) atoms. The van der Waals surface area contributed by atoms with Crippen LogP contribution in [0.2, 0.25) is 0 Å². The molecule has 4 heteroatoms. The van der Waals surface area contributed by atoms with Gasteiger partial charge in [0.05, 0.1) is 11.4 Å². The third-order valence-corrected chi connectivity index (χ3v) is 4.70. The summed E-state index contributed by atoms with van der Waals surface area (Å²) < 4.78 is 0. The van der Waals surface area contributed by atoms with Gasteiger partial charge in [0.1, 0.15) is 0 Å². The van der Waals surface area contributed by atoms with Crippen molar-refractivity contribution in [2.75, 3.05) is 0 Å². The van der Waals surface area contributed by atoms with E-state index in [1.54, 1.807) is 11.3 Å². The summed E-state index contributed by atoms with van der Waals surface area (Å²) in [6, 6.07) is 4.63.